The molecule has 0 radical (unpaired) electrons. The molecule has 0 saturated carbocycles. The van der Waals surface area contributed by atoms with Crippen LogP contribution in [0.5, 0.6) is 0 Å². The highest BCUT2D eigenvalue weighted by atomic mass is 19.4. The number of benzene rings is 5. The van der Waals surface area contributed by atoms with Gasteiger partial charge >= 0.3 is 12.4 Å². The predicted molar refractivity (Wildman–Crippen MR) is 256 cm³/mol. The number of anilines is 2. The molecule has 0 N–H and O–H groups in total. The first-order valence-corrected chi connectivity index (χ1v) is 22.4. The second kappa shape index (κ2) is 24.1. The Bertz CT molecular complexity index is 2250. The number of nitrogens with zero attached hydrogens (tertiary/aromatic N) is 2. The van der Waals surface area contributed by atoms with E-state index >= 15 is 0 Å². The lowest BCUT2D eigenvalue weighted by Crippen LogP contribution is -2.25. The van der Waals surface area contributed by atoms with E-state index in [1.54, 1.807) is 12.1 Å². The molecule has 2 nitrogen and oxygen atoms in total. The molecule has 0 aliphatic heterocycles. The number of alkyl halides is 6. The van der Waals surface area contributed by atoms with Gasteiger partial charge in [-0.25, -0.2) is 0 Å². The molecular weight excluding hydrogens is 815 g/mol. The second-order valence-corrected chi connectivity index (χ2v) is 15.9. The van der Waals surface area contributed by atoms with E-state index in [9.17, 15) is 26.3 Å². The van der Waals surface area contributed by atoms with Crippen molar-refractivity contribution in [3.63, 3.8) is 0 Å². The summed E-state index contributed by atoms with van der Waals surface area (Å²) in [6.07, 6.45) is 6.95. The summed E-state index contributed by atoms with van der Waals surface area (Å²) in [6, 6.07) is 30.3. The van der Waals surface area contributed by atoms with Gasteiger partial charge in [-0.2, -0.15) is 26.3 Å². The van der Waals surface area contributed by atoms with Gasteiger partial charge in [0.25, 0.3) is 0 Å². The number of halogens is 6. The highest BCUT2D eigenvalue weighted by Gasteiger charge is 2.33. The van der Waals surface area contributed by atoms with Gasteiger partial charge in [-0.1, -0.05) is 150 Å². The highest BCUT2D eigenvalue weighted by Crippen LogP contribution is 2.33. The maximum Gasteiger partial charge on any atom is 0.417 e. The molecule has 0 amide bonds. The Morgan fingerprint density at radius 1 is 0.406 bits per heavy atom. The third-order valence-electron chi connectivity index (χ3n) is 10.9. The Kier molecular flexibility index (Phi) is 18.4. The lowest BCUT2D eigenvalue weighted by Gasteiger charge is -2.24. The summed E-state index contributed by atoms with van der Waals surface area (Å²) in [5, 5.41) is 0. The Morgan fingerprint density at radius 2 is 0.719 bits per heavy atom. The summed E-state index contributed by atoms with van der Waals surface area (Å²) in [6.45, 7) is 12.6. The van der Waals surface area contributed by atoms with E-state index in [0.29, 0.717) is 22.3 Å². The van der Waals surface area contributed by atoms with Crippen molar-refractivity contribution in [1.29, 1.82) is 0 Å². The van der Waals surface area contributed by atoms with E-state index in [-0.39, 0.29) is 11.1 Å². The van der Waals surface area contributed by atoms with Gasteiger partial charge in [-0.05, 0) is 109 Å². The summed E-state index contributed by atoms with van der Waals surface area (Å²) in [5.41, 5.74) is 3.93. The van der Waals surface area contributed by atoms with Crippen LogP contribution in [0.25, 0.3) is 24.3 Å². The third-order valence-corrected chi connectivity index (χ3v) is 10.9. The Labute approximate surface area is 376 Å². The average molecular weight is 873 g/mol. The van der Waals surface area contributed by atoms with Crippen LogP contribution in [0.4, 0.5) is 37.7 Å². The number of hydrogen-bond acceptors (Lipinski definition) is 2. The monoisotopic (exact) mass is 872 g/mol. The molecule has 0 fully saturated rings. The van der Waals surface area contributed by atoms with Crippen molar-refractivity contribution in [1.82, 2.24) is 0 Å². The maximum atomic E-state index is 14.1. The number of unbranched alkanes of at least 4 members (excludes halogenated alkanes) is 4. The molecule has 0 spiro atoms. The van der Waals surface area contributed by atoms with Gasteiger partial charge in [-0.15, -0.1) is 0 Å². The smallest absolute Gasteiger partial charge is 0.372 e. The third kappa shape index (κ3) is 14.5. The minimum absolute atomic E-state index is 0.173. The van der Waals surface area contributed by atoms with Crippen LogP contribution in [-0.2, 0) is 12.4 Å². The Balaban J connectivity index is 1.64. The average Bonchev–Trinajstić information content (AvgIpc) is 3.29. The van der Waals surface area contributed by atoms with Crippen molar-refractivity contribution >= 4 is 35.7 Å². The number of rotatable bonds is 18. The fourth-order valence-electron chi connectivity index (χ4n) is 7.17. The molecule has 5 aromatic carbocycles. The summed E-state index contributed by atoms with van der Waals surface area (Å²) in [7, 11) is 0. The van der Waals surface area contributed by atoms with Crippen molar-refractivity contribution in [2.45, 2.75) is 91.4 Å². The van der Waals surface area contributed by atoms with Gasteiger partial charge < -0.3 is 9.80 Å². The van der Waals surface area contributed by atoms with Crippen molar-refractivity contribution in [3.8, 4) is 23.7 Å². The van der Waals surface area contributed by atoms with Crippen LogP contribution in [0.3, 0.4) is 0 Å². The zero-order chi connectivity index (χ0) is 46.0. The predicted octanol–water partition coefficient (Wildman–Crippen LogP) is 15.7. The molecule has 0 heterocycles. The van der Waals surface area contributed by atoms with Gasteiger partial charge in [0.2, 0.25) is 0 Å². The van der Waals surface area contributed by atoms with Crippen LogP contribution in [-0.4, -0.2) is 26.2 Å². The van der Waals surface area contributed by atoms with Crippen LogP contribution in [0, 0.1) is 23.7 Å². The fourth-order valence-corrected chi connectivity index (χ4v) is 7.17. The molecule has 0 aliphatic rings. The molecule has 0 aliphatic carbocycles. The van der Waals surface area contributed by atoms with Crippen LogP contribution in [0.1, 0.15) is 135 Å². The number of hydrogen-bond donors (Lipinski definition) is 0. The molecule has 0 bridgehead atoms. The lowest BCUT2D eigenvalue weighted by atomic mass is 9.96. The first-order valence-electron chi connectivity index (χ1n) is 22.4. The summed E-state index contributed by atoms with van der Waals surface area (Å²) in [5.74, 6) is 11.6. The Morgan fingerprint density at radius 3 is 1.03 bits per heavy atom. The molecule has 0 atom stereocenters. The van der Waals surface area contributed by atoms with Crippen molar-refractivity contribution < 1.29 is 26.3 Å². The highest BCUT2D eigenvalue weighted by molar-refractivity contribution is 5.80. The molecule has 0 unspecified atom stereocenters. The maximum absolute atomic E-state index is 14.1. The van der Waals surface area contributed by atoms with E-state index in [1.165, 1.54) is 36.4 Å². The minimum atomic E-state index is -4.61. The van der Waals surface area contributed by atoms with Crippen LogP contribution >= 0.6 is 0 Å². The molecule has 0 saturated heterocycles. The topological polar surface area (TPSA) is 6.48 Å². The summed E-state index contributed by atoms with van der Waals surface area (Å²) < 4.78 is 84.4. The molecule has 5 rings (SSSR count). The molecule has 0 aromatic heterocycles. The Hall–Kier alpha value is -6.12. The van der Waals surface area contributed by atoms with Crippen LogP contribution < -0.4 is 9.80 Å². The zero-order valence-electron chi connectivity index (χ0n) is 37.3. The van der Waals surface area contributed by atoms with Gasteiger partial charge in [0.1, 0.15) is 0 Å². The van der Waals surface area contributed by atoms with E-state index in [0.717, 1.165) is 112 Å². The normalized spacial score (nSPS) is 11.7. The summed E-state index contributed by atoms with van der Waals surface area (Å²) in [4.78, 5) is 4.79. The standard InChI is InChI=1S/C56H58F6N2/c1-5-9-37-63(38-10-6-2)51-33-23-43(24-34-51)21-27-47-41-50(32-30-46-18-14-16-20-54(46)56(60,61)62)48(42-49(47)31-29-45-17-13-15-19-53(45)55(57,58)59)28-22-44-25-35-52(36-26-44)64(39-11-7-3)40-12-8-4/h13-28,33-36,41-42H,5-12,37-40H2,1-4H3/b27-21+,28-22+. The second-order valence-electron chi connectivity index (χ2n) is 15.9. The quantitative estimate of drug-likeness (QED) is 0.0492. The first-order chi connectivity index (χ1) is 30.8. The van der Waals surface area contributed by atoms with Gasteiger partial charge in [-0.3, -0.25) is 0 Å². The summed E-state index contributed by atoms with van der Waals surface area (Å²) >= 11 is 0. The van der Waals surface area contributed by atoms with Gasteiger partial charge in [0.15, 0.2) is 0 Å². The van der Waals surface area contributed by atoms with Crippen LogP contribution in [0.2, 0.25) is 0 Å². The molecule has 8 heteroatoms. The SMILES string of the molecule is CCCCN(CCCC)c1ccc(/C=C/c2cc(C#Cc3ccccc3C(F)(F)F)c(/C=C/c3ccc(N(CCCC)CCCC)cc3)cc2C#Cc2ccccc2C(F)(F)F)cc1. The first kappa shape index (κ1) is 48.9. The van der Waals surface area contributed by atoms with E-state index < -0.39 is 23.5 Å². The molecule has 334 valence electrons. The zero-order valence-corrected chi connectivity index (χ0v) is 37.3. The molecule has 64 heavy (non-hydrogen) atoms. The lowest BCUT2D eigenvalue weighted by molar-refractivity contribution is -0.138. The fraction of sp³-hybridized carbons (Fsp3) is 0.321. The molecular formula is C56H58F6N2. The minimum Gasteiger partial charge on any atom is -0.372 e. The van der Waals surface area contributed by atoms with Crippen molar-refractivity contribution in [2.75, 3.05) is 36.0 Å². The van der Waals surface area contributed by atoms with Crippen molar-refractivity contribution in [3.05, 3.63) is 165 Å². The molecule has 5 aromatic rings. The van der Waals surface area contributed by atoms with E-state index in [2.05, 4.69) is 85.4 Å². The largest absolute Gasteiger partial charge is 0.417 e. The van der Waals surface area contributed by atoms with E-state index in [4.69, 9.17) is 0 Å². The van der Waals surface area contributed by atoms with Gasteiger partial charge in [0.05, 0.1) is 11.1 Å². The van der Waals surface area contributed by atoms with Crippen LogP contribution in [0.15, 0.2) is 109 Å². The van der Waals surface area contributed by atoms with Gasteiger partial charge in [0, 0.05) is 59.8 Å². The van der Waals surface area contributed by atoms with Crippen molar-refractivity contribution in [2.24, 2.45) is 0 Å². The van der Waals surface area contributed by atoms with E-state index in [1.807, 2.05) is 48.6 Å².